The van der Waals surface area contributed by atoms with Crippen molar-refractivity contribution in [2.24, 2.45) is 0 Å². The van der Waals surface area contributed by atoms with Crippen LogP contribution < -0.4 is 4.31 Å². The first kappa shape index (κ1) is 17.5. The molecule has 0 radical (unpaired) electrons. The normalized spacial score (nSPS) is 11.8. The zero-order valence-corrected chi connectivity index (χ0v) is 14.9. The van der Waals surface area contributed by atoms with E-state index in [9.17, 15) is 12.8 Å². The maximum Gasteiger partial charge on any atom is 0.264 e. The first-order chi connectivity index (χ1) is 10.6. The fraction of sp³-hybridized carbons (Fsp3) is 0.333. The van der Waals surface area contributed by atoms with Gasteiger partial charge in [0.2, 0.25) is 0 Å². The molecule has 124 valence electrons. The Morgan fingerprint density at radius 2 is 1.61 bits per heavy atom. The zero-order valence-electron chi connectivity index (χ0n) is 14.1. The molecule has 0 bridgehead atoms. The number of sulfonamides is 1. The highest BCUT2D eigenvalue weighted by molar-refractivity contribution is 7.92. The minimum atomic E-state index is -3.77. The second-order valence-corrected chi connectivity index (χ2v) is 7.91. The Kier molecular flexibility index (Phi) is 4.80. The van der Waals surface area contributed by atoms with Crippen molar-refractivity contribution in [2.45, 2.75) is 45.6 Å². The van der Waals surface area contributed by atoms with Gasteiger partial charge in [-0.15, -0.1) is 0 Å². The van der Waals surface area contributed by atoms with E-state index in [0.717, 1.165) is 11.1 Å². The van der Waals surface area contributed by atoms with E-state index in [1.165, 1.54) is 22.5 Å². The summed E-state index contributed by atoms with van der Waals surface area (Å²) in [5, 5.41) is 0. The van der Waals surface area contributed by atoms with Gasteiger partial charge in [-0.05, 0) is 75.6 Å². The van der Waals surface area contributed by atoms with Crippen molar-refractivity contribution >= 4 is 15.7 Å². The van der Waals surface area contributed by atoms with Crippen LogP contribution in [0.4, 0.5) is 10.1 Å². The molecule has 2 rings (SSSR count). The Morgan fingerprint density at radius 1 is 0.957 bits per heavy atom. The van der Waals surface area contributed by atoms with Crippen molar-refractivity contribution in [1.29, 1.82) is 0 Å². The quantitative estimate of drug-likeness (QED) is 0.833. The Balaban J connectivity index is 2.64. The van der Waals surface area contributed by atoms with Gasteiger partial charge in [0, 0.05) is 6.04 Å². The van der Waals surface area contributed by atoms with Gasteiger partial charge >= 0.3 is 0 Å². The van der Waals surface area contributed by atoms with Crippen molar-refractivity contribution in [1.82, 2.24) is 0 Å². The number of benzene rings is 2. The Labute approximate surface area is 137 Å². The summed E-state index contributed by atoms with van der Waals surface area (Å²) in [6.45, 7) is 9.03. The van der Waals surface area contributed by atoms with E-state index < -0.39 is 15.8 Å². The smallest absolute Gasteiger partial charge is 0.264 e. The van der Waals surface area contributed by atoms with Crippen molar-refractivity contribution in [3.8, 4) is 0 Å². The lowest BCUT2D eigenvalue weighted by atomic mass is 10.1. The molecule has 0 aromatic heterocycles. The van der Waals surface area contributed by atoms with Gasteiger partial charge in [0.05, 0.1) is 10.6 Å². The number of nitrogens with zero attached hydrogens (tertiary/aromatic N) is 1. The van der Waals surface area contributed by atoms with E-state index in [2.05, 4.69) is 0 Å². The van der Waals surface area contributed by atoms with Gasteiger partial charge in [-0.2, -0.15) is 0 Å². The Hall–Kier alpha value is -1.88. The van der Waals surface area contributed by atoms with Crippen LogP contribution in [-0.4, -0.2) is 14.5 Å². The first-order valence-electron chi connectivity index (χ1n) is 7.52. The third-order valence-corrected chi connectivity index (χ3v) is 5.74. The molecule has 0 saturated heterocycles. The number of halogens is 1. The predicted octanol–water partition coefficient (Wildman–Crippen LogP) is 4.35. The molecule has 2 aromatic carbocycles. The largest absolute Gasteiger partial charge is 0.264 e. The molecule has 0 unspecified atom stereocenters. The van der Waals surface area contributed by atoms with Crippen LogP contribution in [0.3, 0.4) is 0 Å². The topological polar surface area (TPSA) is 37.4 Å². The summed E-state index contributed by atoms with van der Waals surface area (Å²) in [4.78, 5) is 0.103. The second kappa shape index (κ2) is 6.32. The molecule has 0 fully saturated rings. The summed E-state index contributed by atoms with van der Waals surface area (Å²) >= 11 is 0. The SMILES string of the molecule is Cc1ccc(C)c(N(C(C)C)S(=O)(=O)c2ccc(F)c(C)c2)c1. The maximum atomic E-state index is 13.5. The maximum absolute atomic E-state index is 13.5. The minimum absolute atomic E-state index is 0.103. The van der Waals surface area contributed by atoms with Gasteiger partial charge in [-0.3, -0.25) is 4.31 Å². The summed E-state index contributed by atoms with van der Waals surface area (Å²) in [5.41, 5.74) is 2.84. The summed E-state index contributed by atoms with van der Waals surface area (Å²) < 4.78 is 41.1. The lowest BCUT2D eigenvalue weighted by Gasteiger charge is -2.30. The van der Waals surface area contributed by atoms with Gasteiger partial charge < -0.3 is 0 Å². The lowest BCUT2D eigenvalue weighted by Crippen LogP contribution is -2.37. The van der Waals surface area contributed by atoms with E-state index in [1.54, 1.807) is 6.92 Å². The van der Waals surface area contributed by atoms with Crippen LogP contribution in [0.15, 0.2) is 41.3 Å². The molecule has 0 atom stereocenters. The molecule has 0 aliphatic heterocycles. The standard InChI is InChI=1S/C18H22FNO2S/c1-12(2)20(18-10-13(3)6-7-14(18)4)23(21,22)16-8-9-17(19)15(5)11-16/h6-12H,1-5H3. The van der Waals surface area contributed by atoms with Gasteiger partial charge in [-0.25, -0.2) is 12.8 Å². The van der Waals surface area contributed by atoms with E-state index in [4.69, 9.17) is 0 Å². The molecule has 0 amide bonds. The number of hydrogen-bond donors (Lipinski definition) is 0. The molecule has 3 nitrogen and oxygen atoms in total. The van der Waals surface area contributed by atoms with E-state index in [0.29, 0.717) is 11.3 Å². The third-order valence-electron chi connectivity index (χ3n) is 3.76. The minimum Gasteiger partial charge on any atom is -0.264 e. The van der Waals surface area contributed by atoms with Crippen LogP contribution in [0.2, 0.25) is 0 Å². The van der Waals surface area contributed by atoms with Gasteiger partial charge in [0.15, 0.2) is 0 Å². The van der Waals surface area contributed by atoms with Gasteiger partial charge in [0.1, 0.15) is 5.82 Å². The predicted molar refractivity (Wildman–Crippen MR) is 91.9 cm³/mol. The van der Waals surface area contributed by atoms with Crippen LogP contribution >= 0.6 is 0 Å². The summed E-state index contributed by atoms with van der Waals surface area (Å²) in [6.07, 6.45) is 0. The number of rotatable bonds is 4. The summed E-state index contributed by atoms with van der Waals surface area (Å²) in [6, 6.07) is 9.36. The van der Waals surface area contributed by atoms with Crippen LogP contribution in [0.1, 0.15) is 30.5 Å². The zero-order chi connectivity index (χ0) is 17.4. The first-order valence-corrected chi connectivity index (χ1v) is 8.96. The van der Waals surface area contributed by atoms with Crippen LogP contribution in [0, 0.1) is 26.6 Å². The molecule has 0 heterocycles. The van der Waals surface area contributed by atoms with Crippen molar-refractivity contribution in [2.75, 3.05) is 4.31 Å². The molecule has 0 aliphatic carbocycles. The molecule has 2 aromatic rings. The van der Waals surface area contributed by atoms with Gasteiger partial charge in [0.25, 0.3) is 10.0 Å². The molecule has 23 heavy (non-hydrogen) atoms. The monoisotopic (exact) mass is 335 g/mol. The highest BCUT2D eigenvalue weighted by Gasteiger charge is 2.29. The van der Waals surface area contributed by atoms with Crippen molar-refractivity contribution in [3.05, 3.63) is 58.9 Å². The summed E-state index contributed by atoms with van der Waals surface area (Å²) in [7, 11) is -3.77. The molecule has 0 aliphatic rings. The molecule has 0 spiro atoms. The molecular weight excluding hydrogens is 313 g/mol. The highest BCUT2D eigenvalue weighted by Crippen LogP contribution is 2.30. The number of anilines is 1. The van der Waals surface area contributed by atoms with E-state index in [-0.39, 0.29) is 10.9 Å². The van der Waals surface area contributed by atoms with Crippen molar-refractivity contribution < 1.29 is 12.8 Å². The third kappa shape index (κ3) is 3.39. The number of aryl methyl sites for hydroxylation is 3. The van der Waals surface area contributed by atoms with Gasteiger partial charge in [-0.1, -0.05) is 12.1 Å². The van der Waals surface area contributed by atoms with Crippen molar-refractivity contribution in [3.63, 3.8) is 0 Å². The lowest BCUT2D eigenvalue weighted by molar-refractivity contribution is 0.582. The highest BCUT2D eigenvalue weighted by atomic mass is 32.2. The van der Waals surface area contributed by atoms with E-state index in [1.807, 2.05) is 45.9 Å². The van der Waals surface area contributed by atoms with Crippen LogP contribution in [-0.2, 0) is 10.0 Å². The molecular formula is C18H22FNO2S. The second-order valence-electron chi connectivity index (χ2n) is 6.10. The molecule has 0 saturated carbocycles. The average molecular weight is 335 g/mol. The fourth-order valence-corrected chi connectivity index (χ4v) is 4.34. The average Bonchev–Trinajstić information content (AvgIpc) is 2.45. The summed E-state index contributed by atoms with van der Waals surface area (Å²) in [5.74, 6) is -0.410. The van der Waals surface area contributed by atoms with Crippen LogP contribution in [0.25, 0.3) is 0 Å². The molecule has 0 N–H and O–H groups in total. The van der Waals surface area contributed by atoms with Crippen LogP contribution in [0.5, 0.6) is 0 Å². The van der Waals surface area contributed by atoms with E-state index >= 15 is 0 Å². The molecule has 5 heteroatoms. The fourth-order valence-electron chi connectivity index (χ4n) is 2.53. The number of hydrogen-bond acceptors (Lipinski definition) is 2. The Morgan fingerprint density at radius 3 is 2.17 bits per heavy atom. The Bertz CT molecular complexity index is 829.